The monoisotopic (exact) mass is 457 g/mol. The van der Waals surface area contributed by atoms with Crippen LogP contribution in [0.2, 0.25) is 5.02 Å². The molecule has 0 saturated heterocycles. The Morgan fingerprint density at radius 3 is 2.41 bits per heavy atom. The van der Waals surface area contributed by atoms with Crippen LogP contribution in [0.3, 0.4) is 0 Å². The van der Waals surface area contributed by atoms with E-state index in [9.17, 15) is 14.4 Å². The van der Waals surface area contributed by atoms with Crippen molar-refractivity contribution in [1.29, 1.82) is 0 Å². The minimum atomic E-state index is -0.902. The van der Waals surface area contributed by atoms with Crippen molar-refractivity contribution in [2.45, 2.75) is 58.0 Å². The van der Waals surface area contributed by atoms with Crippen LogP contribution in [0.5, 0.6) is 0 Å². The van der Waals surface area contributed by atoms with E-state index >= 15 is 0 Å². The molecule has 3 aliphatic rings. The van der Waals surface area contributed by atoms with Crippen LogP contribution in [0.4, 0.5) is 0 Å². The van der Waals surface area contributed by atoms with Crippen molar-refractivity contribution in [3.63, 3.8) is 0 Å². The highest BCUT2D eigenvalue weighted by molar-refractivity contribution is 6.30. The summed E-state index contributed by atoms with van der Waals surface area (Å²) in [6, 6.07) is 7.11. The molecular weight excluding hydrogens is 430 g/mol. The Labute approximate surface area is 193 Å². The third kappa shape index (κ3) is 4.08. The van der Waals surface area contributed by atoms with Gasteiger partial charge in [0.05, 0.1) is 12.7 Å². The maximum absolute atomic E-state index is 13.6. The second kappa shape index (κ2) is 9.10. The number of Topliss-reactive ketones (excluding diaryl/α,β-unsaturated/α-hetero) is 1. The molecule has 2 aliphatic carbocycles. The SMILES string of the molecule is COC(=O)[C@H]1C(=O)C2=C(C[C@H]1C)NC(C)=C(C(=O)OC1CCCC1)[C@H]2c1ccc(Cl)cc1. The van der Waals surface area contributed by atoms with Gasteiger partial charge in [0.1, 0.15) is 12.0 Å². The van der Waals surface area contributed by atoms with Gasteiger partial charge < -0.3 is 14.8 Å². The molecule has 4 rings (SSSR count). The normalized spacial score (nSPS) is 26.0. The molecule has 1 aromatic carbocycles. The number of halogens is 1. The molecule has 170 valence electrons. The van der Waals surface area contributed by atoms with Crippen LogP contribution in [-0.4, -0.2) is 30.9 Å². The number of hydrogen-bond donors (Lipinski definition) is 1. The van der Waals surface area contributed by atoms with Crippen molar-refractivity contribution in [3.05, 3.63) is 57.4 Å². The minimum Gasteiger partial charge on any atom is -0.468 e. The van der Waals surface area contributed by atoms with Gasteiger partial charge in [0.25, 0.3) is 0 Å². The summed E-state index contributed by atoms with van der Waals surface area (Å²) in [5, 5.41) is 3.84. The Balaban J connectivity index is 1.79. The van der Waals surface area contributed by atoms with E-state index < -0.39 is 23.8 Å². The number of ether oxygens (including phenoxy) is 2. The lowest BCUT2D eigenvalue weighted by Gasteiger charge is -2.38. The average molecular weight is 458 g/mol. The van der Waals surface area contributed by atoms with Crippen LogP contribution in [0.25, 0.3) is 0 Å². The number of carbonyl (C=O) groups excluding carboxylic acids is 3. The quantitative estimate of drug-likeness (QED) is 0.531. The van der Waals surface area contributed by atoms with Gasteiger partial charge in [-0.1, -0.05) is 30.7 Å². The standard InChI is InChI=1S/C25H28ClNO5/c1-13-12-18-22(23(28)19(13)24(29)31-3)21(15-8-10-16(26)11-9-15)20(14(2)27-18)25(30)32-17-6-4-5-7-17/h8-11,13,17,19,21,27H,4-7,12H2,1-3H3/t13-,19-,21-/m1/s1. The fourth-order valence-corrected chi connectivity index (χ4v) is 5.29. The summed E-state index contributed by atoms with van der Waals surface area (Å²) in [7, 11) is 1.29. The van der Waals surface area contributed by atoms with E-state index in [1.165, 1.54) is 7.11 Å². The van der Waals surface area contributed by atoms with Gasteiger partial charge in [-0.05, 0) is 62.6 Å². The third-order valence-corrected chi connectivity index (χ3v) is 6.99. The summed E-state index contributed by atoms with van der Waals surface area (Å²) >= 11 is 6.10. The number of rotatable bonds is 4. The molecule has 1 N–H and O–H groups in total. The van der Waals surface area contributed by atoms with E-state index in [0.717, 1.165) is 36.9 Å². The molecule has 1 saturated carbocycles. The van der Waals surface area contributed by atoms with Crippen molar-refractivity contribution in [3.8, 4) is 0 Å². The van der Waals surface area contributed by atoms with Crippen molar-refractivity contribution in [2.75, 3.05) is 7.11 Å². The average Bonchev–Trinajstić information content (AvgIpc) is 3.26. The molecule has 0 radical (unpaired) electrons. The second-order valence-electron chi connectivity index (χ2n) is 8.90. The highest BCUT2D eigenvalue weighted by Gasteiger charge is 2.47. The Hall–Kier alpha value is -2.60. The Morgan fingerprint density at radius 1 is 1.12 bits per heavy atom. The van der Waals surface area contributed by atoms with Crippen LogP contribution in [0.15, 0.2) is 46.8 Å². The topological polar surface area (TPSA) is 81.7 Å². The zero-order valence-corrected chi connectivity index (χ0v) is 19.3. The van der Waals surface area contributed by atoms with Gasteiger partial charge in [-0.25, -0.2) is 4.79 Å². The van der Waals surface area contributed by atoms with Crippen LogP contribution >= 0.6 is 11.6 Å². The molecule has 0 spiro atoms. The fourth-order valence-electron chi connectivity index (χ4n) is 5.16. The van der Waals surface area contributed by atoms with Crippen molar-refractivity contribution in [2.24, 2.45) is 11.8 Å². The van der Waals surface area contributed by atoms with Crippen LogP contribution in [-0.2, 0) is 23.9 Å². The molecule has 1 fully saturated rings. The molecule has 3 atom stereocenters. The third-order valence-electron chi connectivity index (χ3n) is 6.74. The zero-order chi connectivity index (χ0) is 23.0. The van der Waals surface area contributed by atoms with Crippen molar-refractivity contribution >= 4 is 29.3 Å². The first-order valence-corrected chi connectivity index (χ1v) is 11.5. The summed E-state index contributed by atoms with van der Waals surface area (Å²) in [5.41, 5.74) is 3.02. The maximum atomic E-state index is 13.6. The molecule has 0 amide bonds. The molecule has 1 aromatic rings. The lowest BCUT2D eigenvalue weighted by atomic mass is 9.69. The van der Waals surface area contributed by atoms with Crippen LogP contribution < -0.4 is 5.32 Å². The summed E-state index contributed by atoms with van der Waals surface area (Å²) in [6.07, 6.45) is 4.20. The van der Waals surface area contributed by atoms with E-state index in [4.69, 9.17) is 21.1 Å². The van der Waals surface area contributed by atoms with Gasteiger partial charge in [0, 0.05) is 27.9 Å². The van der Waals surface area contributed by atoms with E-state index in [1.807, 2.05) is 26.0 Å². The smallest absolute Gasteiger partial charge is 0.337 e. The Kier molecular flexibility index (Phi) is 6.42. The lowest BCUT2D eigenvalue weighted by Crippen LogP contribution is -2.43. The van der Waals surface area contributed by atoms with Gasteiger partial charge in [0.15, 0.2) is 5.78 Å². The number of carbonyl (C=O) groups is 3. The van der Waals surface area contributed by atoms with Gasteiger partial charge in [-0.2, -0.15) is 0 Å². The molecule has 0 bridgehead atoms. The van der Waals surface area contributed by atoms with Crippen molar-refractivity contribution in [1.82, 2.24) is 5.32 Å². The number of hydrogen-bond acceptors (Lipinski definition) is 6. The Bertz CT molecular complexity index is 1000. The van der Waals surface area contributed by atoms with Crippen molar-refractivity contribution < 1.29 is 23.9 Å². The number of esters is 2. The highest BCUT2D eigenvalue weighted by Crippen LogP contribution is 2.45. The summed E-state index contributed by atoms with van der Waals surface area (Å²) < 4.78 is 10.8. The first-order valence-electron chi connectivity index (χ1n) is 11.1. The molecule has 6 nitrogen and oxygen atoms in total. The van der Waals surface area contributed by atoms with E-state index in [2.05, 4.69) is 5.32 Å². The molecule has 32 heavy (non-hydrogen) atoms. The van der Waals surface area contributed by atoms with E-state index in [0.29, 0.717) is 28.3 Å². The number of ketones is 1. The summed E-state index contributed by atoms with van der Waals surface area (Å²) in [4.78, 5) is 39.5. The van der Waals surface area contributed by atoms with Gasteiger partial charge >= 0.3 is 11.9 Å². The summed E-state index contributed by atoms with van der Waals surface area (Å²) in [6.45, 7) is 3.70. The molecular formula is C25H28ClNO5. The first kappa shape index (κ1) is 22.6. The number of allylic oxidation sites excluding steroid dienone is 3. The molecule has 0 unspecified atom stereocenters. The van der Waals surface area contributed by atoms with E-state index in [1.54, 1.807) is 12.1 Å². The minimum absolute atomic E-state index is 0.103. The highest BCUT2D eigenvalue weighted by atomic mass is 35.5. The molecule has 7 heteroatoms. The molecule has 0 aromatic heterocycles. The largest absolute Gasteiger partial charge is 0.468 e. The number of methoxy groups -OCH3 is 1. The lowest BCUT2D eigenvalue weighted by molar-refractivity contribution is -0.151. The number of dihydropyridines is 1. The van der Waals surface area contributed by atoms with Gasteiger partial charge in [0.2, 0.25) is 0 Å². The first-order chi connectivity index (χ1) is 15.3. The van der Waals surface area contributed by atoms with Crippen LogP contribution in [0.1, 0.15) is 57.4 Å². The predicted molar refractivity (Wildman–Crippen MR) is 120 cm³/mol. The zero-order valence-electron chi connectivity index (χ0n) is 18.6. The molecule has 1 aliphatic heterocycles. The molecule has 1 heterocycles. The van der Waals surface area contributed by atoms with Gasteiger partial charge in [-0.15, -0.1) is 0 Å². The van der Waals surface area contributed by atoms with Gasteiger partial charge in [-0.3, -0.25) is 9.59 Å². The maximum Gasteiger partial charge on any atom is 0.337 e. The second-order valence-corrected chi connectivity index (χ2v) is 9.34. The predicted octanol–water partition coefficient (Wildman–Crippen LogP) is 4.44. The summed E-state index contributed by atoms with van der Waals surface area (Å²) in [5.74, 6) is -3.03. The fraction of sp³-hybridized carbons (Fsp3) is 0.480. The Morgan fingerprint density at radius 2 is 1.78 bits per heavy atom. The number of benzene rings is 1. The van der Waals surface area contributed by atoms with E-state index in [-0.39, 0.29) is 17.8 Å². The number of nitrogens with one attached hydrogen (secondary N) is 1. The van der Waals surface area contributed by atoms with Crippen LogP contribution in [0, 0.1) is 11.8 Å².